The second kappa shape index (κ2) is 9.59. The molecule has 0 atom stereocenters. The first-order chi connectivity index (χ1) is 16.6. The fourth-order valence-corrected chi connectivity index (χ4v) is 5.00. The predicted molar refractivity (Wildman–Crippen MR) is 147 cm³/mol. The van der Waals surface area contributed by atoms with Crippen molar-refractivity contribution in [2.24, 2.45) is 7.05 Å². The molecule has 4 aromatic rings. The maximum absolute atomic E-state index is 13.6. The molecule has 0 aliphatic rings. The normalized spacial score (nSPS) is 11.2. The Kier molecular flexibility index (Phi) is 6.73. The molecule has 0 radical (unpaired) electrons. The lowest BCUT2D eigenvalue weighted by atomic mass is 9.95. The highest BCUT2D eigenvalue weighted by atomic mass is 35.5. The number of hydrogen-bond donors (Lipinski definition) is 2. The first kappa shape index (κ1) is 24.6. The van der Waals surface area contributed by atoms with Crippen LogP contribution in [0.1, 0.15) is 42.0 Å². The highest BCUT2D eigenvalue weighted by Crippen LogP contribution is 2.38. The van der Waals surface area contributed by atoms with Crippen LogP contribution in [0.4, 0.5) is 16.2 Å². The fraction of sp³-hybridized carbons (Fsp3) is 0.241. The van der Waals surface area contributed by atoms with E-state index in [1.807, 2.05) is 69.3 Å². The summed E-state index contributed by atoms with van der Waals surface area (Å²) in [6.07, 6.45) is 0. The van der Waals surface area contributed by atoms with Gasteiger partial charge in [-0.1, -0.05) is 73.5 Å². The Balaban J connectivity index is 1.93. The second-order valence-corrected chi connectivity index (χ2v) is 9.75. The van der Waals surface area contributed by atoms with Gasteiger partial charge in [0, 0.05) is 34.3 Å². The zero-order valence-corrected chi connectivity index (χ0v) is 21.7. The molecule has 6 heteroatoms. The number of amides is 2. The molecule has 5 nitrogen and oxygen atoms in total. The summed E-state index contributed by atoms with van der Waals surface area (Å²) in [6, 6.07) is 16.9. The van der Waals surface area contributed by atoms with E-state index in [0.29, 0.717) is 16.1 Å². The van der Waals surface area contributed by atoms with Crippen LogP contribution in [0, 0.1) is 20.8 Å². The second-order valence-electron chi connectivity index (χ2n) is 9.34. The topological polar surface area (TPSA) is 63.1 Å². The number of anilines is 2. The summed E-state index contributed by atoms with van der Waals surface area (Å²) in [5.41, 5.74) is 6.77. The van der Waals surface area contributed by atoms with Crippen molar-refractivity contribution in [2.45, 2.75) is 40.5 Å². The number of para-hydroxylation sites is 1. The maximum atomic E-state index is 13.6. The number of benzene rings is 3. The molecule has 1 aromatic heterocycles. The van der Waals surface area contributed by atoms with Crippen LogP contribution in [0.15, 0.2) is 59.4 Å². The van der Waals surface area contributed by atoms with Gasteiger partial charge < -0.3 is 15.2 Å². The number of urea groups is 1. The van der Waals surface area contributed by atoms with E-state index in [2.05, 4.69) is 24.5 Å². The van der Waals surface area contributed by atoms with Gasteiger partial charge in [0.05, 0.1) is 5.52 Å². The van der Waals surface area contributed by atoms with Gasteiger partial charge in [-0.15, -0.1) is 0 Å². The molecule has 2 N–H and O–H groups in total. The summed E-state index contributed by atoms with van der Waals surface area (Å²) in [4.78, 5) is 26.9. The van der Waals surface area contributed by atoms with Crippen molar-refractivity contribution >= 4 is 39.9 Å². The lowest BCUT2D eigenvalue weighted by molar-refractivity contribution is 0.262. The number of carbonyl (C=O) groups is 1. The number of hydrogen-bond acceptors (Lipinski definition) is 2. The van der Waals surface area contributed by atoms with E-state index in [-0.39, 0.29) is 17.2 Å². The average molecular weight is 488 g/mol. The van der Waals surface area contributed by atoms with Crippen LogP contribution in [0.3, 0.4) is 0 Å². The van der Waals surface area contributed by atoms with Crippen LogP contribution in [0.2, 0.25) is 5.02 Å². The molecule has 0 aliphatic heterocycles. The highest BCUT2D eigenvalue weighted by Gasteiger charge is 2.22. The van der Waals surface area contributed by atoms with Crippen molar-refractivity contribution in [3.05, 3.63) is 92.2 Å². The summed E-state index contributed by atoms with van der Waals surface area (Å²) in [5, 5.41) is 7.22. The molecule has 0 saturated heterocycles. The minimum absolute atomic E-state index is 0.190. The quantitative estimate of drug-likeness (QED) is 0.312. The van der Waals surface area contributed by atoms with Crippen molar-refractivity contribution in [2.75, 3.05) is 10.6 Å². The van der Waals surface area contributed by atoms with E-state index in [9.17, 15) is 9.59 Å². The standard InChI is InChI=1S/C29H30ClN3O2/c1-16(2)20-12-9-10-18(4)25(20)31-29(35)32-26-24(21-11-7-8-13-23(21)30)22-15-17(3)14-19(5)27(22)33(6)28(26)34/h7-16H,1-6H3,(H2,31,32,35). The SMILES string of the molecule is Cc1cc(C)c2c(c1)c(-c1ccccc1Cl)c(NC(=O)Nc1c(C)cccc1C(C)C)c(=O)n2C. The highest BCUT2D eigenvalue weighted by molar-refractivity contribution is 6.34. The fourth-order valence-electron chi connectivity index (χ4n) is 4.77. The lowest BCUT2D eigenvalue weighted by Gasteiger charge is -2.20. The van der Waals surface area contributed by atoms with E-state index >= 15 is 0 Å². The zero-order valence-electron chi connectivity index (χ0n) is 20.9. The van der Waals surface area contributed by atoms with Gasteiger partial charge in [-0.05, 0) is 55.5 Å². The van der Waals surface area contributed by atoms with Crippen LogP contribution < -0.4 is 16.2 Å². The van der Waals surface area contributed by atoms with Gasteiger partial charge in [0.25, 0.3) is 5.56 Å². The number of aromatic nitrogens is 1. The minimum atomic E-state index is -0.477. The van der Waals surface area contributed by atoms with E-state index in [1.54, 1.807) is 17.7 Å². The molecule has 2 amide bonds. The first-order valence-corrected chi connectivity index (χ1v) is 12.0. The molecular formula is C29H30ClN3O2. The zero-order chi connectivity index (χ0) is 25.4. The Morgan fingerprint density at radius 3 is 2.29 bits per heavy atom. The van der Waals surface area contributed by atoms with Gasteiger partial charge in [-0.25, -0.2) is 4.79 Å². The Bertz CT molecular complexity index is 1520. The van der Waals surface area contributed by atoms with Crippen molar-refractivity contribution in [3.63, 3.8) is 0 Å². The van der Waals surface area contributed by atoms with E-state index in [1.165, 1.54) is 0 Å². The summed E-state index contributed by atoms with van der Waals surface area (Å²) in [7, 11) is 1.73. The summed E-state index contributed by atoms with van der Waals surface area (Å²) >= 11 is 6.61. The first-order valence-electron chi connectivity index (χ1n) is 11.7. The van der Waals surface area contributed by atoms with Crippen molar-refractivity contribution in [1.29, 1.82) is 0 Å². The Labute approximate surface area is 210 Å². The van der Waals surface area contributed by atoms with E-state index in [4.69, 9.17) is 11.6 Å². The summed E-state index contributed by atoms with van der Waals surface area (Å²) in [5.74, 6) is 0.225. The molecular weight excluding hydrogens is 458 g/mol. The number of carbonyl (C=O) groups excluding carboxylic acids is 1. The van der Waals surface area contributed by atoms with Crippen molar-refractivity contribution in [3.8, 4) is 11.1 Å². The van der Waals surface area contributed by atoms with Gasteiger partial charge in [-0.3, -0.25) is 4.79 Å². The molecule has 180 valence electrons. The molecule has 35 heavy (non-hydrogen) atoms. The van der Waals surface area contributed by atoms with Gasteiger partial charge in [0.1, 0.15) is 5.69 Å². The largest absolute Gasteiger partial charge is 0.323 e. The minimum Gasteiger partial charge on any atom is -0.309 e. The van der Waals surface area contributed by atoms with Crippen LogP contribution in [-0.2, 0) is 7.05 Å². The van der Waals surface area contributed by atoms with Crippen LogP contribution in [0.5, 0.6) is 0 Å². The molecule has 0 unspecified atom stereocenters. The van der Waals surface area contributed by atoms with E-state index < -0.39 is 6.03 Å². The van der Waals surface area contributed by atoms with Gasteiger partial charge in [-0.2, -0.15) is 0 Å². The third kappa shape index (κ3) is 4.56. The van der Waals surface area contributed by atoms with Crippen LogP contribution in [-0.4, -0.2) is 10.6 Å². The molecule has 4 rings (SSSR count). The van der Waals surface area contributed by atoms with Crippen molar-refractivity contribution < 1.29 is 4.79 Å². The molecule has 0 fully saturated rings. The van der Waals surface area contributed by atoms with Gasteiger partial charge in [0.2, 0.25) is 0 Å². The third-order valence-electron chi connectivity index (χ3n) is 6.37. The Hall–Kier alpha value is -3.57. The van der Waals surface area contributed by atoms with Crippen LogP contribution >= 0.6 is 11.6 Å². The van der Waals surface area contributed by atoms with E-state index in [0.717, 1.165) is 38.8 Å². The molecule has 3 aromatic carbocycles. The number of pyridine rings is 1. The molecule has 0 bridgehead atoms. The monoisotopic (exact) mass is 487 g/mol. The van der Waals surface area contributed by atoms with Crippen molar-refractivity contribution in [1.82, 2.24) is 4.57 Å². The van der Waals surface area contributed by atoms with Gasteiger partial charge >= 0.3 is 6.03 Å². The maximum Gasteiger partial charge on any atom is 0.323 e. The molecule has 0 saturated carbocycles. The Morgan fingerprint density at radius 2 is 1.60 bits per heavy atom. The molecule has 0 spiro atoms. The van der Waals surface area contributed by atoms with Crippen LogP contribution in [0.25, 0.3) is 22.0 Å². The molecule has 1 heterocycles. The molecule has 0 aliphatic carbocycles. The number of rotatable bonds is 4. The Morgan fingerprint density at radius 1 is 0.914 bits per heavy atom. The number of nitrogens with one attached hydrogen (secondary N) is 2. The summed E-state index contributed by atoms with van der Waals surface area (Å²) < 4.78 is 1.59. The smallest absolute Gasteiger partial charge is 0.309 e. The third-order valence-corrected chi connectivity index (χ3v) is 6.69. The number of fused-ring (bicyclic) bond motifs is 1. The number of halogens is 1. The van der Waals surface area contributed by atoms with Gasteiger partial charge in [0.15, 0.2) is 0 Å². The predicted octanol–water partition coefficient (Wildman–Crippen LogP) is 7.55. The lowest BCUT2D eigenvalue weighted by Crippen LogP contribution is -2.29. The average Bonchev–Trinajstić information content (AvgIpc) is 2.79. The number of aryl methyl sites for hydroxylation is 4. The number of nitrogens with zero attached hydrogens (tertiary/aromatic N) is 1. The summed E-state index contributed by atoms with van der Waals surface area (Å²) in [6.45, 7) is 10.1.